The van der Waals surface area contributed by atoms with E-state index in [9.17, 15) is 10.1 Å². The normalized spacial score (nSPS) is 12.0. The Morgan fingerprint density at radius 1 is 1.12 bits per heavy atom. The monoisotopic (exact) mass is 453 g/mol. The number of aryl methyl sites for hydroxylation is 1. The first-order valence-corrected chi connectivity index (χ1v) is 11.2. The zero-order chi connectivity index (χ0) is 22.9. The number of nitrogens with zero attached hydrogens (tertiary/aromatic N) is 6. The minimum atomic E-state index is -0.497. The van der Waals surface area contributed by atoms with E-state index in [1.54, 1.807) is 11.6 Å². The third-order valence-corrected chi connectivity index (χ3v) is 6.40. The number of carbonyl (C=O) groups excluding carboxylic acids is 1. The van der Waals surface area contributed by atoms with Gasteiger partial charge in [-0.1, -0.05) is 48.2 Å². The summed E-state index contributed by atoms with van der Waals surface area (Å²) in [5.74, 6) is 0.0793. The molecule has 0 spiro atoms. The summed E-state index contributed by atoms with van der Waals surface area (Å²) in [5.41, 5.74) is 3.88. The van der Waals surface area contributed by atoms with Crippen molar-refractivity contribution in [3.05, 3.63) is 78.0 Å². The predicted octanol–water partition coefficient (Wildman–Crippen LogP) is 4.37. The molecule has 0 saturated heterocycles. The quantitative estimate of drug-likeness (QED) is 0.397. The van der Waals surface area contributed by atoms with Gasteiger partial charge in [-0.25, -0.2) is 4.68 Å². The van der Waals surface area contributed by atoms with Crippen molar-refractivity contribution >= 4 is 40.0 Å². The Balaban J connectivity index is 1.45. The van der Waals surface area contributed by atoms with E-state index in [2.05, 4.69) is 32.7 Å². The van der Waals surface area contributed by atoms with Crippen molar-refractivity contribution in [1.29, 1.82) is 5.26 Å². The Kier molecular flexibility index (Phi) is 5.28. The highest BCUT2D eigenvalue weighted by Gasteiger charge is 2.22. The largest absolute Gasteiger partial charge is 0.309 e. The van der Waals surface area contributed by atoms with Crippen LogP contribution in [0.2, 0.25) is 0 Å². The average molecular weight is 454 g/mol. The molecule has 1 amide bonds. The number of anilines is 1. The summed E-state index contributed by atoms with van der Waals surface area (Å²) in [7, 11) is 0. The molecule has 1 unspecified atom stereocenters. The molecule has 5 rings (SSSR count). The van der Waals surface area contributed by atoms with E-state index in [4.69, 9.17) is 0 Å². The second-order valence-corrected chi connectivity index (χ2v) is 8.84. The molecule has 0 fully saturated rings. The maximum Gasteiger partial charge on any atom is 0.238 e. The molecule has 1 N–H and O–H groups in total. The molecule has 5 aromatic rings. The smallest absolute Gasteiger partial charge is 0.238 e. The van der Waals surface area contributed by atoms with Crippen LogP contribution in [0.5, 0.6) is 0 Å². The van der Waals surface area contributed by atoms with Crippen molar-refractivity contribution in [2.24, 2.45) is 0 Å². The summed E-state index contributed by atoms with van der Waals surface area (Å²) in [5, 5.41) is 26.5. The van der Waals surface area contributed by atoms with Gasteiger partial charge in [0.1, 0.15) is 11.6 Å². The van der Waals surface area contributed by atoms with Gasteiger partial charge in [-0.3, -0.25) is 9.20 Å². The zero-order valence-corrected chi connectivity index (χ0v) is 18.7. The summed E-state index contributed by atoms with van der Waals surface area (Å²) < 4.78 is 3.52. The van der Waals surface area contributed by atoms with Crippen LogP contribution in [0.1, 0.15) is 18.1 Å². The Hall–Kier alpha value is -4.16. The summed E-state index contributed by atoms with van der Waals surface area (Å²) >= 11 is 1.31. The fraction of sp³-hybridized carbons (Fsp3) is 0.125. The number of aromatic nitrogens is 5. The van der Waals surface area contributed by atoms with E-state index in [0.29, 0.717) is 16.5 Å². The molecule has 0 aliphatic heterocycles. The van der Waals surface area contributed by atoms with E-state index in [-0.39, 0.29) is 5.91 Å². The van der Waals surface area contributed by atoms with Crippen molar-refractivity contribution in [2.45, 2.75) is 24.3 Å². The molecule has 33 heavy (non-hydrogen) atoms. The number of fused-ring (bicyclic) bond motifs is 3. The Labute approximate surface area is 193 Å². The lowest BCUT2D eigenvalue weighted by Crippen LogP contribution is -2.24. The molecular formula is C24H19N7OS. The summed E-state index contributed by atoms with van der Waals surface area (Å²) in [6.45, 7) is 3.84. The summed E-state index contributed by atoms with van der Waals surface area (Å²) in [4.78, 5) is 13.1. The van der Waals surface area contributed by atoms with Gasteiger partial charge in [0.15, 0.2) is 16.6 Å². The van der Waals surface area contributed by atoms with Crippen LogP contribution in [0.4, 0.5) is 5.82 Å². The third kappa shape index (κ3) is 3.70. The molecule has 9 heteroatoms. The van der Waals surface area contributed by atoms with Crippen molar-refractivity contribution in [1.82, 2.24) is 24.4 Å². The molecule has 0 saturated carbocycles. The van der Waals surface area contributed by atoms with Gasteiger partial charge in [0.05, 0.1) is 22.7 Å². The van der Waals surface area contributed by atoms with Gasteiger partial charge in [0.2, 0.25) is 5.91 Å². The molecule has 3 aromatic heterocycles. The van der Waals surface area contributed by atoms with E-state index >= 15 is 0 Å². The van der Waals surface area contributed by atoms with Gasteiger partial charge >= 0.3 is 0 Å². The topological polar surface area (TPSA) is 101 Å². The number of nitriles is 1. The van der Waals surface area contributed by atoms with Crippen LogP contribution in [-0.4, -0.2) is 35.5 Å². The number of hydrogen-bond donors (Lipinski definition) is 1. The maximum absolute atomic E-state index is 13.1. The van der Waals surface area contributed by atoms with Crippen LogP contribution in [0, 0.1) is 18.3 Å². The summed E-state index contributed by atoms with van der Waals surface area (Å²) in [6, 6.07) is 21.5. The van der Waals surface area contributed by atoms with Crippen LogP contribution in [0.25, 0.3) is 22.2 Å². The molecule has 162 valence electrons. The molecule has 1 atom stereocenters. The summed E-state index contributed by atoms with van der Waals surface area (Å²) in [6.07, 6.45) is 1.45. The first-order chi connectivity index (χ1) is 16.1. The number of thioether (sulfide) groups is 1. The lowest BCUT2D eigenvalue weighted by Gasteiger charge is -2.13. The maximum atomic E-state index is 13.1. The highest BCUT2D eigenvalue weighted by molar-refractivity contribution is 8.00. The van der Waals surface area contributed by atoms with Gasteiger partial charge in [-0.05, 0) is 43.7 Å². The van der Waals surface area contributed by atoms with Crippen LogP contribution < -0.4 is 5.32 Å². The molecule has 0 aliphatic carbocycles. The fourth-order valence-corrected chi connectivity index (χ4v) is 4.56. The number of pyridine rings is 1. The molecule has 0 aliphatic rings. The highest BCUT2D eigenvalue weighted by atomic mass is 32.2. The number of hydrogen-bond acceptors (Lipinski definition) is 6. The molecule has 3 heterocycles. The third-order valence-electron chi connectivity index (χ3n) is 5.36. The van der Waals surface area contributed by atoms with Crippen LogP contribution in [0.3, 0.4) is 0 Å². The number of amides is 1. The Morgan fingerprint density at radius 2 is 1.88 bits per heavy atom. The number of carbonyl (C=O) groups is 1. The zero-order valence-electron chi connectivity index (χ0n) is 17.9. The van der Waals surface area contributed by atoms with Gasteiger partial charge in [0.25, 0.3) is 0 Å². The lowest BCUT2D eigenvalue weighted by molar-refractivity contribution is -0.115. The number of para-hydroxylation sites is 2. The first-order valence-electron chi connectivity index (χ1n) is 10.3. The number of rotatable bonds is 5. The SMILES string of the molecule is Cc1cc2nnc(SC(C)C(=O)Nc3c(C#N)cnn3-c3ccccc3)n2c2ccccc12. The standard InChI is InChI=1S/C24H19N7OS/c1-15-12-21-28-29-24(30(21)20-11-7-6-10-19(15)20)33-16(2)23(32)27-22-17(13-25)14-26-31(22)18-8-4-3-5-9-18/h3-12,14,16H,1-2H3,(H,27,32). The number of benzene rings is 2. The van der Waals surface area contributed by atoms with Crippen LogP contribution in [0.15, 0.2) is 72.0 Å². The van der Waals surface area contributed by atoms with E-state index in [0.717, 1.165) is 27.8 Å². The van der Waals surface area contributed by atoms with E-state index in [1.807, 2.05) is 65.9 Å². The highest BCUT2D eigenvalue weighted by Crippen LogP contribution is 2.29. The van der Waals surface area contributed by atoms with Crippen molar-refractivity contribution in [2.75, 3.05) is 5.32 Å². The second kappa shape index (κ2) is 8.41. The average Bonchev–Trinajstić information content (AvgIpc) is 3.43. The molecular weight excluding hydrogens is 434 g/mol. The van der Waals surface area contributed by atoms with Crippen LogP contribution >= 0.6 is 11.8 Å². The van der Waals surface area contributed by atoms with Crippen molar-refractivity contribution in [3.63, 3.8) is 0 Å². The molecule has 0 bridgehead atoms. The van der Waals surface area contributed by atoms with Gasteiger partial charge in [-0.2, -0.15) is 10.4 Å². The van der Waals surface area contributed by atoms with Gasteiger partial charge in [-0.15, -0.1) is 10.2 Å². The van der Waals surface area contributed by atoms with Crippen molar-refractivity contribution in [3.8, 4) is 11.8 Å². The van der Waals surface area contributed by atoms with Crippen LogP contribution in [-0.2, 0) is 4.79 Å². The first kappa shape index (κ1) is 20.7. The predicted molar refractivity (Wildman–Crippen MR) is 127 cm³/mol. The van der Waals surface area contributed by atoms with Gasteiger partial charge < -0.3 is 5.32 Å². The van der Waals surface area contributed by atoms with E-state index < -0.39 is 5.25 Å². The van der Waals surface area contributed by atoms with Gasteiger partial charge in [0, 0.05) is 5.39 Å². The fourth-order valence-electron chi connectivity index (χ4n) is 3.70. The minimum Gasteiger partial charge on any atom is -0.309 e. The molecule has 0 radical (unpaired) electrons. The molecule has 8 nitrogen and oxygen atoms in total. The van der Waals surface area contributed by atoms with Crippen molar-refractivity contribution < 1.29 is 4.79 Å². The minimum absolute atomic E-state index is 0.262. The lowest BCUT2D eigenvalue weighted by atomic mass is 10.1. The Morgan fingerprint density at radius 3 is 2.67 bits per heavy atom. The number of nitrogens with one attached hydrogen (secondary N) is 1. The second-order valence-electron chi connectivity index (χ2n) is 7.54. The Bertz CT molecular complexity index is 1530. The van der Waals surface area contributed by atoms with E-state index in [1.165, 1.54) is 18.0 Å². The molecule has 2 aromatic carbocycles.